The van der Waals surface area contributed by atoms with Gasteiger partial charge in [-0.25, -0.2) is 0 Å². The van der Waals surface area contributed by atoms with Crippen molar-refractivity contribution in [1.29, 1.82) is 0 Å². The molecule has 0 bridgehead atoms. The molecule has 12 nitrogen and oxygen atoms in total. The highest BCUT2D eigenvalue weighted by molar-refractivity contribution is 7.27. The Morgan fingerprint density at radius 1 is 0.186 bits per heavy atom. The summed E-state index contributed by atoms with van der Waals surface area (Å²) in [6.45, 7) is 0. The predicted octanol–water partition coefficient (Wildman–Crippen LogP) is 26.9. The van der Waals surface area contributed by atoms with Crippen molar-refractivity contribution in [2.24, 2.45) is 0 Å². The van der Waals surface area contributed by atoms with Gasteiger partial charge >= 0.3 is 0 Å². The number of nitrogens with zero attached hydrogens (tertiary/aromatic N) is 4. The first-order valence-corrected chi connectivity index (χ1v) is 40.1. The number of hydrogen-bond acceptors (Lipinski definition) is 16. The number of methoxy groups -OCH3 is 8. The molecule has 0 saturated carbocycles. The van der Waals surface area contributed by atoms with Gasteiger partial charge in [-0.1, -0.05) is 97.1 Å². The molecule has 0 saturated heterocycles. The van der Waals surface area contributed by atoms with Gasteiger partial charge in [-0.15, -0.1) is 45.3 Å². The Kier molecular flexibility index (Phi) is 19.3. The van der Waals surface area contributed by atoms with Crippen molar-refractivity contribution in [3.63, 3.8) is 0 Å². The Balaban J connectivity index is 0.814. The number of benzene rings is 12. The Hall–Kier alpha value is -13.0. The lowest BCUT2D eigenvalue weighted by Crippen LogP contribution is -2.24. The molecule has 0 amide bonds. The van der Waals surface area contributed by atoms with E-state index in [4.69, 9.17) is 37.9 Å². The van der Waals surface area contributed by atoms with Crippen molar-refractivity contribution in [2.45, 2.75) is 5.41 Å². The van der Waals surface area contributed by atoms with Gasteiger partial charge in [-0.05, 0) is 214 Å². The topological polar surface area (TPSA) is 86.8 Å². The minimum Gasteiger partial charge on any atom is -0.497 e. The Labute approximate surface area is 673 Å². The Morgan fingerprint density at radius 3 is 0.496 bits per heavy atom. The van der Waals surface area contributed by atoms with Crippen molar-refractivity contribution in [1.82, 2.24) is 0 Å². The fourth-order valence-electron chi connectivity index (χ4n) is 15.7. The van der Waals surface area contributed by atoms with Crippen molar-refractivity contribution < 1.29 is 37.9 Å². The van der Waals surface area contributed by atoms with Gasteiger partial charge in [0, 0.05) is 136 Å². The molecular formula is C97H76N4O8S4. The second kappa shape index (κ2) is 30.4. The summed E-state index contributed by atoms with van der Waals surface area (Å²) < 4.78 is 46.4. The van der Waals surface area contributed by atoms with Crippen LogP contribution in [0.1, 0.15) is 22.3 Å². The van der Waals surface area contributed by atoms with Crippen LogP contribution in [0.4, 0.5) is 68.2 Å². The van der Waals surface area contributed by atoms with E-state index < -0.39 is 5.41 Å². The summed E-state index contributed by atoms with van der Waals surface area (Å²) in [5.41, 5.74) is 20.5. The quantitative estimate of drug-likeness (QED) is 0.0577. The second-order valence-corrected chi connectivity index (χ2v) is 31.5. The minimum absolute atomic E-state index is 0.724. The number of rotatable bonds is 24. The van der Waals surface area contributed by atoms with Gasteiger partial charge in [0.25, 0.3) is 0 Å². The zero-order valence-corrected chi connectivity index (χ0v) is 66.5. The highest BCUT2D eigenvalue weighted by Crippen LogP contribution is 2.71. The van der Waals surface area contributed by atoms with Crippen LogP contribution in [0.2, 0.25) is 0 Å². The van der Waals surface area contributed by atoms with Gasteiger partial charge in [0.2, 0.25) is 0 Å². The number of thiophene rings is 4. The summed E-state index contributed by atoms with van der Waals surface area (Å²) in [6, 6.07) is 112. The molecule has 0 unspecified atom stereocenters. The van der Waals surface area contributed by atoms with Gasteiger partial charge in [0.1, 0.15) is 46.0 Å². The van der Waals surface area contributed by atoms with Crippen LogP contribution in [0, 0.1) is 0 Å². The molecule has 113 heavy (non-hydrogen) atoms. The van der Waals surface area contributed by atoms with Crippen LogP contribution < -0.4 is 57.5 Å². The zero-order chi connectivity index (χ0) is 76.8. The van der Waals surface area contributed by atoms with Gasteiger partial charge < -0.3 is 57.5 Å². The van der Waals surface area contributed by atoms with Crippen molar-refractivity contribution >= 4 is 114 Å². The van der Waals surface area contributed by atoms with E-state index in [0.717, 1.165) is 136 Å². The average molecular weight is 1550 g/mol. The minimum atomic E-state index is -0.724. The number of anilines is 12. The van der Waals surface area contributed by atoms with Crippen LogP contribution in [0.25, 0.3) is 61.3 Å². The maximum Gasteiger partial charge on any atom is 0.120 e. The fraction of sp³-hybridized carbons (Fsp3) is 0.0928. The SMILES string of the molecule is COc1cccc(N(c2ccc(-c3cc4c(s3)-c3sc(-c5ccc(N(c6cccc(OC)c6)c6cccc(OC)c6)cc5)cc3C43c4cc(-c5ccc(N(c6cccc(OC)c6)c6cccc(OC)c6)cc5)sc4-c4sc(-c5ccc(N(c6cccc(OC)c6)c6cccc(OC)c6)cc5)cc43)cc2)c2cccc(OC)c2)c1. The Bertz CT molecular complexity index is 5240. The number of hydrogen-bond donors (Lipinski definition) is 0. The molecule has 0 N–H and O–H groups in total. The molecule has 1 spiro atoms. The molecule has 16 heteroatoms. The van der Waals surface area contributed by atoms with E-state index in [-0.39, 0.29) is 0 Å². The molecule has 18 rings (SSSR count). The third-order valence-electron chi connectivity index (χ3n) is 21.1. The van der Waals surface area contributed by atoms with Gasteiger partial charge in [-0.2, -0.15) is 0 Å². The monoisotopic (exact) mass is 1550 g/mol. The third-order valence-corrected chi connectivity index (χ3v) is 26.2. The second-order valence-electron chi connectivity index (χ2n) is 27.3. The van der Waals surface area contributed by atoms with E-state index in [0.29, 0.717) is 0 Å². The summed E-state index contributed by atoms with van der Waals surface area (Å²) in [5, 5.41) is 0. The average Bonchev–Trinajstić information content (AvgIpc) is 1.49. The maximum atomic E-state index is 5.80. The summed E-state index contributed by atoms with van der Waals surface area (Å²) in [4.78, 5) is 18.8. The Morgan fingerprint density at radius 2 is 0.345 bits per heavy atom. The van der Waals surface area contributed by atoms with Crippen molar-refractivity contribution in [2.75, 3.05) is 76.5 Å². The normalized spacial score (nSPS) is 12.0. The predicted molar refractivity (Wildman–Crippen MR) is 467 cm³/mol. The van der Waals surface area contributed by atoms with E-state index >= 15 is 0 Å². The number of ether oxygens (including phenoxy) is 8. The summed E-state index contributed by atoms with van der Waals surface area (Å²) in [7, 11) is 13.7. The van der Waals surface area contributed by atoms with Crippen molar-refractivity contribution in [3.8, 4) is 107 Å². The lowest BCUT2D eigenvalue weighted by Gasteiger charge is -2.28. The van der Waals surface area contributed by atoms with Crippen LogP contribution in [-0.2, 0) is 5.41 Å². The smallest absolute Gasteiger partial charge is 0.120 e. The molecule has 16 aromatic rings. The molecule has 2 aliphatic rings. The van der Waals surface area contributed by atoms with E-state index in [1.54, 1.807) is 56.9 Å². The zero-order valence-electron chi connectivity index (χ0n) is 63.2. The number of fused-ring (bicyclic) bond motifs is 10. The standard InChI is InChI=1S/C97H76N4O8S4/c1-102-77-25-9-17-69(49-77)98(70-18-10-26-78(50-70)103-2)65-41-33-61(34-42-65)89-57-85-93(110-89)94-86(58-90(111-94)62-35-43-66(44-36-62)99(71-19-11-27-79(51-71)104-3)72-20-12-28-80(52-72)105-4)97(85)87-59-91(63-37-45-67(46-38-63)100(73-21-13-29-81(53-73)106-5)74-22-14-30-82(54-74)107-6)112-95(87)96-88(97)60-92(113-96)64-39-47-68(48-40-64)101(75-23-15-31-83(55-75)108-7)76-24-16-32-84(56-76)109-8/h9-60H,1-8H3. The fourth-order valence-corrected chi connectivity index (χ4v) is 20.9. The molecule has 0 atom stereocenters. The first kappa shape index (κ1) is 71.6. The molecule has 0 fully saturated rings. The summed E-state index contributed by atoms with van der Waals surface area (Å²) in [5.74, 6) is 6.13. The maximum absolute atomic E-state index is 5.80. The third kappa shape index (κ3) is 13.1. The molecule has 2 aliphatic carbocycles. The highest BCUT2D eigenvalue weighted by Gasteiger charge is 2.56. The first-order chi connectivity index (χ1) is 55.5. The van der Waals surface area contributed by atoms with Crippen LogP contribution in [0.15, 0.2) is 315 Å². The molecule has 4 heterocycles. The van der Waals surface area contributed by atoms with E-state index in [1.807, 2.05) is 142 Å². The molecule has 12 aromatic carbocycles. The van der Waals surface area contributed by atoms with Gasteiger partial charge in [0.05, 0.1) is 81.8 Å². The van der Waals surface area contributed by atoms with Crippen LogP contribution >= 0.6 is 45.3 Å². The van der Waals surface area contributed by atoms with Crippen LogP contribution in [-0.4, -0.2) is 56.9 Å². The summed E-state index contributed by atoms with van der Waals surface area (Å²) in [6.07, 6.45) is 0. The van der Waals surface area contributed by atoms with Gasteiger partial charge in [-0.3, -0.25) is 0 Å². The van der Waals surface area contributed by atoms with E-state index in [1.165, 1.54) is 61.3 Å². The first-order valence-electron chi connectivity index (χ1n) is 36.9. The van der Waals surface area contributed by atoms with Crippen molar-refractivity contribution in [3.05, 3.63) is 338 Å². The van der Waals surface area contributed by atoms with Crippen LogP contribution in [0.3, 0.4) is 0 Å². The molecular weight excluding hydrogens is 1480 g/mol. The lowest BCUT2D eigenvalue weighted by molar-refractivity contribution is 0.414. The molecule has 556 valence electrons. The van der Waals surface area contributed by atoms with E-state index in [2.05, 4.69) is 238 Å². The van der Waals surface area contributed by atoms with Gasteiger partial charge in [0.15, 0.2) is 0 Å². The molecule has 0 aliphatic heterocycles. The van der Waals surface area contributed by atoms with Crippen LogP contribution in [0.5, 0.6) is 46.0 Å². The summed E-state index contributed by atoms with van der Waals surface area (Å²) >= 11 is 7.52. The largest absolute Gasteiger partial charge is 0.497 e. The highest BCUT2D eigenvalue weighted by atomic mass is 32.1. The molecule has 4 aromatic heterocycles. The molecule has 0 radical (unpaired) electrons. The van der Waals surface area contributed by atoms with E-state index in [9.17, 15) is 0 Å². The lowest BCUT2D eigenvalue weighted by atomic mass is 9.72.